The topological polar surface area (TPSA) is 95.0 Å². The van der Waals surface area contributed by atoms with E-state index in [2.05, 4.69) is 31.0 Å². The Kier molecular flexibility index (Phi) is 11.7. The second-order valence-corrected chi connectivity index (χ2v) is 8.76. The van der Waals surface area contributed by atoms with E-state index in [0.717, 1.165) is 24.8 Å². The van der Waals surface area contributed by atoms with Gasteiger partial charge in [-0.1, -0.05) is 51.1 Å². The second kappa shape index (κ2) is 14.5. The summed E-state index contributed by atoms with van der Waals surface area (Å²) in [5.41, 5.74) is 1.05. The minimum absolute atomic E-state index is 0.0322. The number of aromatic hydroxyl groups is 1. The number of hydrogen-bond donors (Lipinski definition) is 1. The molecule has 0 aliphatic rings. The molecule has 0 bridgehead atoms. The molecule has 0 fully saturated rings. The summed E-state index contributed by atoms with van der Waals surface area (Å²) in [5.74, 6) is -1.70. The van der Waals surface area contributed by atoms with Crippen molar-refractivity contribution in [3.05, 3.63) is 53.9 Å². The Hall–Kier alpha value is -2.93. The van der Waals surface area contributed by atoms with Gasteiger partial charge in [-0.15, -0.1) is 0 Å². The van der Waals surface area contributed by atoms with Crippen molar-refractivity contribution in [1.82, 2.24) is 4.98 Å². The molecule has 1 N–H and O–H groups in total. The fourth-order valence-corrected chi connectivity index (χ4v) is 4.19. The van der Waals surface area contributed by atoms with E-state index in [0.29, 0.717) is 13.0 Å². The lowest BCUT2D eigenvalue weighted by molar-refractivity contribution is -0.159. The Morgan fingerprint density at radius 1 is 1.06 bits per heavy atom. The highest BCUT2D eigenvalue weighted by molar-refractivity contribution is 5.99. The summed E-state index contributed by atoms with van der Waals surface area (Å²) in [5, 5.41) is 10.3. The molecule has 35 heavy (non-hydrogen) atoms. The summed E-state index contributed by atoms with van der Waals surface area (Å²) in [6.07, 6.45) is 3.67. The predicted molar refractivity (Wildman–Crippen MR) is 135 cm³/mol. The van der Waals surface area contributed by atoms with Gasteiger partial charge in [0, 0.05) is 31.2 Å². The van der Waals surface area contributed by atoms with Gasteiger partial charge in [0.1, 0.15) is 6.10 Å². The van der Waals surface area contributed by atoms with Crippen molar-refractivity contribution < 1.29 is 28.9 Å². The number of methoxy groups -OCH3 is 1. The number of pyridine rings is 1. The van der Waals surface area contributed by atoms with Gasteiger partial charge in [-0.2, -0.15) is 0 Å². The van der Waals surface area contributed by atoms with Crippen LogP contribution in [-0.2, 0) is 20.7 Å². The van der Waals surface area contributed by atoms with Crippen molar-refractivity contribution in [3.8, 4) is 11.5 Å². The molecule has 7 heteroatoms. The van der Waals surface area contributed by atoms with Crippen molar-refractivity contribution in [1.29, 1.82) is 0 Å². The van der Waals surface area contributed by atoms with Gasteiger partial charge in [0.15, 0.2) is 23.0 Å². The average Bonchev–Trinajstić information content (AvgIpc) is 2.87. The van der Waals surface area contributed by atoms with E-state index in [9.17, 15) is 14.7 Å². The number of benzene rings is 1. The monoisotopic (exact) mass is 485 g/mol. The van der Waals surface area contributed by atoms with E-state index >= 15 is 0 Å². The Bertz CT molecular complexity index is 932. The van der Waals surface area contributed by atoms with Crippen LogP contribution in [0.2, 0.25) is 0 Å². The summed E-state index contributed by atoms with van der Waals surface area (Å²) >= 11 is 0. The molecule has 0 amide bonds. The number of Topliss-reactive ketones (excluding diaryl/α,β-unsaturated/α-hetero) is 1. The zero-order chi connectivity index (χ0) is 25.8. The van der Waals surface area contributed by atoms with Crippen LogP contribution in [0, 0.1) is 11.8 Å². The normalized spacial score (nSPS) is 14.5. The van der Waals surface area contributed by atoms with E-state index < -0.39 is 23.8 Å². The van der Waals surface area contributed by atoms with E-state index in [4.69, 9.17) is 14.2 Å². The molecule has 0 spiro atoms. The molecule has 0 radical (unpaired) electrons. The van der Waals surface area contributed by atoms with Crippen LogP contribution < -0.4 is 4.74 Å². The van der Waals surface area contributed by atoms with Crippen LogP contribution in [-0.4, -0.2) is 47.8 Å². The van der Waals surface area contributed by atoms with Gasteiger partial charge in [-0.3, -0.25) is 9.59 Å². The van der Waals surface area contributed by atoms with Crippen molar-refractivity contribution in [3.63, 3.8) is 0 Å². The third kappa shape index (κ3) is 8.06. The zero-order valence-electron chi connectivity index (χ0n) is 21.5. The fourth-order valence-electron chi connectivity index (χ4n) is 4.19. The summed E-state index contributed by atoms with van der Waals surface area (Å²) < 4.78 is 17.1. The highest BCUT2D eigenvalue weighted by Gasteiger charge is 2.32. The van der Waals surface area contributed by atoms with E-state index in [-0.39, 0.29) is 35.6 Å². The van der Waals surface area contributed by atoms with Crippen LogP contribution in [0.4, 0.5) is 0 Å². The van der Waals surface area contributed by atoms with E-state index in [1.807, 2.05) is 32.0 Å². The lowest BCUT2D eigenvalue weighted by Crippen LogP contribution is -2.38. The van der Waals surface area contributed by atoms with Gasteiger partial charge < -0.3 is 19.3 Å². The number of nitrogens with zero attached hydrogens (tertiary/aromatic N) is 1. The number of carbonyl (C=O) groups is 2. The molecule has 0 aliphatic heterocycles. The number of ketones is 1. The van der Waals surface area contributed by atoms with Crippen LogP contribution in [0.15, 0.2) is 42.6 Å². The van der Waals surface area contributed by atoms with Crippen molar-refractivity contribution in [2.24, 2.45) is 11.8 Å². The Morgan fingerprint density at radius 3 is 2.37 bits per heavy atom. The highest BCUT2D eigenvalue weighted by Crippen LogP contribution is 2.30. The molecule has 2 aromatic rings. The smallest absolute Gasteiger partial charge is 0.309 e. The molecule has 2 rings (SSSR count). The standard InChI is InChI=1S/C28H39NO6/c1-6-16-34-24(8-3)22(17-20-12-10-9-11-13-20)19(4)35-28(32)21(7-2)18-23(30)26-27(31)25(33-5)14-15-29-26/h9-15,19,21-22,24,31H,6-8,16-18H2,1-5H3/t19-,21+,22-,24-/m0/s1. The van der Waals surface area contributed by atoms with Gasteiger partial charge in [-0.05, 0) is 38.2 Å². The molecule has 0 unspecified atom stereocenters. The molecule has 7 nitrogen and oxygen atoms in total. The van der Waals surface area contributed by atoms with Gasteiger partial charge in [0.25, 0.3) is 0 Å². The molecule has 1 heterocycles. The van der Waals surface area contributed by atoms with Crippen LogP contribution >= 0.6 is 0 Å². The third-order valence-electron chi connectivity index (χ3n) is 6.26. The molecule has 0 aliphatic carbocycles. The minimum atomic E-state index is -0.647. The Morgan fingerprint density at radius 2 is 1.77 bits per heavy atom. The number of carbonyl (C=O) groups excluding carboxylic acids is 2. The largest absolute Gasteiger partial charge is 0.503 e. The Labute approximate surface area is 208 Å². The number of hydrogen-bond acceptors (Lipinski definition) is 7. The maximum atomic E-state index is 13.1. The predicted octanol–water partition coefficient (Wildman–Crippen LogP) is 5.39. The van der Waals surface area contributed by atoms with Crippen LogP contribution in [0.1, 0.15) is 69.4 Å². The van der Waals surface area contributed by atoms with E-state index in [1.165, 1.54) is 19.4 Å². The maximum Gasteiger partial charge on any atom is 0.309 e. The van der Waals surface area contributed by atoms with Gasteiger partial charge in [-0.25, -0.2) is 4.98 Å². The molecule has 0 saturated heterocycles. The third-order valence-corrected chi connectivity index (χ3v) is 6.26. The zero-order valence-corrected chi connectivity index (χ0v) is 21.5. The van der Waals surface area contributed by atoms with Crippen LogP contribution in [0.25, 0.3) is 0 Å². The van der Waals surface area contributed by atoms with E-state index in [1.54, 1.807) is 0 Å². The first-order valence-electron chi connectivity index (χ1n) is 12.5. The molecular weight excluding hydrogens is 446 g/mol. The molecule has 4 atom stereocenters. The first kappa shape index (κ1) is 28.3. The van der Waals surface area contributed by atoms with Crippen molar-refractivity contribution in [2.45, 2.75) is 72.0 Å². The van der Waals surface area contributed by atoms with Crippen LogP contribution in [0.3, 0.4) is 0 Å². The molecule has 1 aromatic carbocycles. The summed E-state index contributed by atoms with van der Waals surface area (Å²) in [7, 11) is 1.40. The lowest BCUT2D eigenvalue weighted by atomic mass is 9.88. The van der Waals surface area contributed by atoms with Gasteiger partial charge >= 0.3 is 5.97 Å². The number of esters is 1. The summed E-state index contributed by atoms with van der Waals surface area (Å²) in [6.45, 7) is 8.53. The van der Waals surface area contributed by atoms with Gasteiger partial charge in [0.05, 0.1) is 19.1 Å². The second-order valence-electron chi connectivity index (χ2n) is 8.76. The number of rotatable bonds is 15. The lowest BCUT2D eigenvalue weighted by Gasteiger charge is -2.32. The van der Waals surface area contributed by atoms with Crippen molar-refractivity contribution in [2.75, 3.05) is 13.7 Å². The summed E-state index contributed by atoms with van der Waals surface area (Å²) in [6, 6.07) is 11.6. The quantitative estimate of drug-likeness (QED) is 0.267. The SMILES string of the molecule is CCCO[C@@H](CC)[C@@H](Cc1ccccc1)[C@H](C)OC(=O)[C@H](CC)CC(=O)c1nccc(OC)c1O. The Balaban J connectivity index is 2.15. The molecular formula is C28H39NO6. The fraction of sp³-hybridized carbons (Fsp3) is 0.536. The molecule has 192 valence electrons. The first-order valence-corrected chi connectivity index (χ1v) is 12.5. The molecule has 1 aromatic heterocycles. The maximum absolute atomic E-state index is 13.1. The number of ether oxygens (including phenoxy) is 3. The van der Waals surface area contributed by atoms with Crippen molar-refractivity contribution >= 4 is 11.8 Å². The summed E-state index contributed by atoms with van der Waals surface area (Å²) in [4.78, 5) is 29.9. The minimum Gasteiger partial charge on any atom is -0.503 e. The van der Waals surface area contributed by atoms with Crippen LogP contribution in [0.5, 0.6) is 11.5 Å². The highest BCUT2D eigenvalue weighted by atomic mass is 16.5. The number of aromatic nitrogens is 1. The molecule has 0 saturated carbocycles. The first-order chi connectivity index (χ1) is 16.9. The average molecular weight is 486 g/mol. The van der Waals surface area contributed by atoms with Gasteiger partial charge in [0.2, 0.25) is 0 Å².